The molecule has 0 unspecified atom stereocenters. The molecule has 1 heterocycles. The molecule has 3 rings (SSSR count). The molecule has 1 atom stereocenters. The van der Waals surface area contributed by atoms with Crippen LogP contribution in [0.15, 0.2) is 55.6 Å². The van der Waals surface area contributed by atoms with Gasteiger partial charge in [-0.2, -0.15) is 5.10 Å². The number of carboxylic acid groups (broad SMARTS) is 1. The Hall–Kier alpha value is -3.40. The molecule has 0 amide bonds. The molecule has 2 N–H and O–H groups in total. The van der Waals surface area contributed by atoms with E-state index in [1.807, 2.05) is 0 Å². The van der Waals surface area contributed by atoms with E-state index in [9.17, 15) is 14.4 Å². The highest BCUT2D eigenvalue weighted by Crippen LogP contribution is 2.37. The summed E-state index contributed by atoms with van der Waals surface area (Å²) in [6.45, 7) is 3.49. The van der Waals surface area contributed by atoms with Crippen molar-refractivity contribution in [2.75, 3.05) is 6.61 Å². The molecule has 0 spiro atoms. The van der Waals surface area contributed by atoms with Gasteiger partial charge in [-0.15, -0.1) is 4.68 Å². The maximum atomic E-state index is 12.6. The van der Waals surface area contributed by atoms with Gasteiger partial charge in [0.1, 0.15) is 0 Å². The maximum Gasteiger partial charge on any atom is 0.349 e. The zero-order chi connectivity index (χ0) is 21.8. The number of hydrogen-bond acceptors (Lipinski definition) is 6. The topological polar surface area (TPSA) is 123 Å². The molecule has 0 saturated carbocycles. The van der Waals surface area contributed by atoms with Gasteiger partial charge in [0.15, 0.2) is 17.6 Å². The summed E-state index contributed by atoms with van der Waals surface area (Å²) >= 11 is 3.34. The number of benzene rings is 2. The number of aromatic nitrogens is 2. The minimum atomic E-state index is -1.12. The van der Waals surface area contributed by atoms with Crippen LogP contribution in [0.1, 0.15) is 19.4 Å². The number of nitrogens with zero attached hydrogens (tertiary/aromatic N) is 2. The van der Waals surface area contributed by atoms with Gasteiger partial charge in [0, 0.05) is 0 Å². The number of ether oxygens (including phenoxy) is 2. The molecule has 156 valence electrons. The predicted molar refractivity (Wildman–Crippen MR) is 115 cm³/mol. The molecule has 0 bridgehead atoms. The van der Waals surface area contributed by atoms with Crippen LogP contribution in [0, 0.1) is 0 Å². The lowest BCUT2D eigenvalue weighted by molar-refractivity contribution is -0.144. The summed E-state index contributed by atoms with van der Waals surface area (Å²) in [4.78, 5) is 38.5. The highest BCUT2D eigenvalue weighted by Gasteiger charge is 2.19. The number of rotatable bonds is 7. The summed E-state index contributed by atoms with van der Waals surface area (Å²) in [6.07, 6.45) is 0.234. The smallest absolute Gasteiger partial charge is 0.349 e. The van der Waals surface area contributed by atoms with Crippen LogP contribution in [-0.4, -0.2) is 39.7 Å². The average Bonchev–Trinajstić information content (AvgIpc) is 2.70. The zero-order valence-electron chi connectivity index (χ0n) is 16.1. The summed E-state index contributed by atoms with van der Waals surface area (Å²) in [5.41, 5.74) is -0.297. The molecule has 2 aromatic carbocycles. The third kappa shape index (κ3) is 4.43. The number of carbonyl (C=O) groups is 1. The molecule has 0 saturated heterocycles. The van der Waals surface area contributed by atoms with Crippen molar-refractivity contribution in [3.05, 3.63) is 67.3 Å². The second kappa shape index (κ2) is 8.95. The Bertz CT molecular complexity index is 1250. The van der Waals surface area contributed by atoms with E-state index in [2.05, 4.69) is 26.0 Å². The normalized spacial score (nSPS) is 12.2. The Labute approximate surface area is 178 Å². The minimum Gasteiger partial charge on any atom is -0.490 e. The first kappa shape index (κ1) is 21.3. The van der Waals surface area contributed by atoms with E-state index in [4.69, 9.17) is 14.6 Å². The average molecular weight is 476 g/mol. The molecule has 0 aliphatic heterocycles. The Morgan fingerprint density at radius 2 is 2.07 bits per heavy atom. The van der Waals surface area contributed by atoms with Crippen molar-refractivity contribution in [2.24, 2.45) is 5.10 Å². The quantitative estimate of drug-likeness (QED) is 0.506. The van der Waals surface area contributed by atoms with Crippen LogP contribution < -0.4 is 20.7 Å². The Kier molecular flexibility index (Phi) is 6.36. The molecule has 0 aliphatic carbocycles. The first-order valence-corrected chi connectivity index (χ1v) is 9.75. The van der Waals surface area contributed by atoms with Gasteiger partial charge in [0.25, 0.3) is 5.56 Å². The number of fused-ring (bicyclic) bond motifs is 1. The van der Waals surface area contributed by atoms with Gasteiger partial charge < -0.3 is 19.6 Å². The Morgan fingerprint density at radius 3 is 2.77 bits per heavy atom. The number of halogens is 1. The fourth-order valence-electron chi connectivity index (χ4n) is 2.65. The number of hydrogen-bond donors (Lipinski definition) is 2. The lowest BCUT2D eigenvalue weighted by Crippen LogP contribution is -2.32. The monoisotopic (exact) mass is 475 g/mol. The van der Waals surface area contributed by atoms with Gasteiger partial charge >= 0.3 is 11.7 Å². The van der Waals surface area contributed by atoms with Crippen molar-refractivity contribution >= 4 is 39.0 Å². The Morgan fingerprint density at radius 1 is 1.33 bits per heavy atom. The van der Waals surface area contributed by atoms with Crippen LogP contribution in [0.3, 0.4) is 0 Å². The molecule has 9 nitrogen and oxygen atoms in total. The highest BCUT2D eigenvalue weighted by molar-refractivity contribution is 9.10. The molecular weight excluding hydrogens is 458 g/mol. The third-order valence-corrected chi connectivity index (χ3v) is 4.67. The molecule has 30 heavy (non-hydrogen) atoms. The molecule has 0 radical (unpaired) electrons. The van der Waals surface area contributed by atoms with Crippen LogP contribution >= 0.6 is 15.9 Å². The third-order valence-electron chi connectivity index (χ3n) is 4.08. The number of H-pyrrole nitrogens is 1. The summed E-state index contributed by atoms with van der Waals surface area (Å²) in [5, 5.41) is 13.4. The van der Waals surface area contributed by atoms with Crippen molar-refractivity contribution < 1.29 is 19.4 Å². The van der Waals surface area contributed by atoms with E-state index in [0.29, 0.717) is 33.3 Å². The number of aromatic amines is 1. The van der Waals surface area contributed by atoms with Crippen LogP contribution in [0.5, 0.6) is 11.5 Å². The van der Waals surface area contributed by atoms with Gasteiger partial charge in [0.2, 0.25) is 0 Å². The van der Waals surface area contributed by atoms with Crippen molar-refractivity contribution in [1.29, 1.82) is 0 Å². The summed E-state index contributed by atoms with van der Waals surface area (Å²) in [5.74, 6) is -0.601. The second-order valence-corrected chi connectivity index (χ2v) is 7.05. The van der Waals surface area contributed by atoms with E-state index >= 15 is 0 Å². The Balaban J connectivity index is 2.02. The van der Waals surface area contributed by atoms with E-state index < -0.39 is 23.3 Å². The van der Waals surface area contributed by atoms with Gasteiger partial charge in [-0.1, -0.05) is 12.1 Å². The van der Waals surface area contributed by atoms with E-state index in [0.717, 1.165) is 4.68 Å². The van der Waals surface area contributed by atoms with Crippen LogP contribution in [0.4, 0.5) is 0 Å². The van der Waals surface area contributed by atoms with Gasteiger partial charge in [-0.25, -0.2) is 9.59 Å². The van der Waals surface area contributed by atoms with Crippen molar-refractivity contribution in [2.45, 2.75) is 20.0 Å². The zero-order valence-corrected chi connectivity index (χ0v) is 17.7. The summed E-state index contributed by atoms with van der Waals surface area (Å²) < 4.78 is 12.2. The van der Waals surface area contributed by atoms with Gasteiger partial charge in [-0.05, 0) is 59.6 Å². The number of para-hydroxylation sites is 1. The van der Waals surface area contributed by atoms with Crippen LogP contribution in [-0.2, 0) is 4.79 Å². The maximum absolute atomic E-state index is 12.6. The van der Waals surface area contributed by atoms with Crippen molar-refractivity contribution in [3.8, 4) is 11.5 Å². The van der Waals surface area contributed by atoms with Gasteiger partial charge in [0.05, 0.1) is 28.2 Å². The SMILES string of the molecule is CCOc1cc(C=Nn2c(=O)[nH]c3ccccc3c2=O)cc(Br)c1O[C@@H](C)C(=O)O. The summed E-state index contributed by atoms with van der Waals surface area (Å²) in [7, 11) is 0. The minimum absolute atomic E-state index is 0.226. The molecule has 1 aromatic heterocycles. The summed E-state index contributed by atoms with van der Waals surface area (Å²) in [6, 6.07) is 9.82. The van der Waals surface area contributed by atoms with Crippen molar-refractivity contribution in [1.82, 2.24) is 9.66 Å². The second-order valence-electron chi connectivity index (χ2n) is 6.20. The highest BCUT2D eigenvalue weighted by atomic mass is 79.9. The van der Waals surface area contributed by atoms with Crippen molar-refractivity contribution in [3.63, 3.8) is 0 Å². The fourth-order valence-corrected chi connectivity index (χ4v) is 3.20. The van der Waals surface area contributed by atoms with Crippen LogP contribution in [0.25, 0.3) is 10.9 Å². The first-order valence-electron chi connectivity index (χ1n) is 8.96. The van der Waals surface area contributed by atoms with E-state index in [1.54, 1.807) is 43.3 Å². The first-order chi connectivity index (χ1) is 14.3. The lowest BCUT2D eigenvalue weighted by Gasteiger charge is -2.16. The van der Waals surface area contributed by atoms with E-state index in [-0.39, 0.29) is 5.75 Å². The largest absolute Gasteiger partial charge is 0.490 e. The molecule has 10 heteroatoms. The standard InChI is InChI=1S/C20H18BrN3O6/c1-3-29-16-9-12(8-14(21)17(16)30-11(2)19(26)27)10-22-24-18(25)13-6-4-5-7-15(13)23-20(24)28/h4-11H,3H2,1-2H3,(H,23,28)(H,26,27)/t11-/m0/s1. The predicted octanol–water partition coefficient (Wildman–Crippen LogP) is 2.59. The van der Waals surface area contributed by atoms with Gasteiger partial charge in [-0.3, -0.25) is 4.79 Å². The van der Waals surface area contributed by atoms with E-state index in [1.165, 1.54) is 13.1 Å². The number of aliphatic carboxylic acids is 1. The number of carboxylic acids is 1. The number of nitrogens with one attached hydrogen (secondary N) is 1. The molecular formula is C20H18BrN3O6. The lowest BCUT2D eigenvalue weighted by atomic mass is 10.2. The molecule has 0 fully saturated rings. The van der Waals surface area contributed by atoms with Crippen LogP contribution in [0.2, 0.25) is 0 Å². The fraction of sp³-hybridized carbons (Fsp3) is 0.200. The molecule has 3 aromatic rings. The molecule has 0 aliphatic rings.